The summed E-state index contributed by atoms with van der Waals surface area (Å²) in [6, 6.07) is 0. The molecule has 9 heteroatoms. The molecule has 3 aliphatic rings. The van der Waals surface area contributed by atoms with Gasteiger partial charge in [-0.05, 0) is 0 Å². The van der Waals surface area contributed by atoms with E-state index in [1.807, 2.05) is 23.7 Å². The fourth-order valence-corrected chi connectivity index (χ4v) is 4.68. The number of ether oxygens (including phenoxy) is 1. The lowest BCUT2D eigenvalue weighted by Gasteiger charge is -2.37. The number of carbonyl (C=O) groups excluding carboxylic acids is 1. The second-order valence-corrected chi connectivity index (χ2v) is 8.41. The van der Waals surface area contributed by atoms with E-state index in [2.05, 4.69) is 25.0 Å². The summed E-state index contributed by atoms with van der Waals surface area (Å²) in [5.74, 6) is 3.72. The van der Waals surface area contributed by atoms with Gasteiger partial charge in [0.15, 0.2) is 5.96 Å². The van der Waals surface area contributed by atoms with Crippen LogP contribution in [0.3, 0.4) is 0 Å². The number of thioether (sulfide) groups is 1. The summed E-state index contributed by atoms with van der Waals surface area (Å²) in [7, 11) is 1.86. The fraction of sp³-hybridized carbons (Fsp3) is 0.889. The highest BCUT2D eigenvalue weighted by molar-refractivity contribution is 7.99. The predicted molar refractivity (Wildman–Crippen MR) is 111 cm³/mol. The first-order chi connectivity index (χ1) is 13.3. The fourth-order valence-electron chi connectivity index (χ4n) is 3.70. The van der Waals surface area contributed by atoms with Crippen LogP contribution in [-0.2, 0) is 9.53 Å². The Morgan fingerprint density at radius 3 is 2.33 bits per heavy atom. The minimum Gasteiger partial charge on any atom is -0.378 e. The maximum absolute atomic E-state index is 12.4. The molecule has 0 aromatic heterocycles. The third-order valence-corrected chi connectivity index (χ3v) is 6.36. The number of aliphatic imine (C=N–C) groups is 1. The van der Waals surface area contributed by atoms with Crippen LogP contribution in [0.5, 0.6) is 0 Å². The van der Waals surface area contributed by atoms with E-state index in [4.69, 9.17) is 4.74 Å². The number of nitrogens with one attached hydrogen (secondary N) is 1. The second kappa shape index (κ2) is 11.1. The smallest absolute Gasteiger partial charge is 0.236 e. The standard InChI is InChI=1S/C18H34N6O2S/c1-19-18(20-2-3-21-10-14-27-15-11-21)24-6-4-22(5-7-24)16-17(25)23-8-12-26-13-9-23/h2-16H2,1H3,(H,19,20). The van der Waals surface area contributed by atoms with Crippen LogP contribution in [-0.4, -0.2) is 135 Å². The molecule has 3 rings (SSSR count). The van der Waals surface area contributed by atoms with Crippen molar-refractivity contribution >= 4 is 23.6 Å². The summed E-state index contributed by atoms with van der Waals surface area (Å²) in [5.41, 5.74) is 0. The highest BCUT2D eigenvalue weighted by Crippen LogP contribution is 2.08. The normalized spacial score (nSPS) is 23.5. The Kier molecular flexibility index (Phi) is 8.50. The van der Waals surface area contributed by atoms with Crippen LogP contribution in [0.25, 0.3) is 0 Å². The van der Waals surface area contributed by atoms with Crippen molar-refractivity contribution < 1.29 is 9.53 Å². The summed E-state index contributed by atoms with van der Waals surface area (Å²) < 4.78 is 5.33. The molecule has 3 fully saturated rings. The number of guanidine groups is 1. The Morgan fingerprint density at radius 1 is 0.963 bits per heavy atom. The van der Waals surface area contributed by atoms with Gasteiger partial charge in [-0.15, -0.1) is 0 Å². The molecule has 3 aliphatic heterocycles. The van der Waals surface area contributed by atoms with Crippen molar-refractivity contribution in [1.29, 1.82) is 0 Å². The molecule has 8 nitrogen and oxygen atoms in total. The number of nitrogens with zero attached hydrogens (tertiary/aromatic N) is 5. The van der Waals surface area contributed by atoms with Gasteiger partial charge < -0.3 is 19.9 Å². The zero-order valence-electron chi connectivity index (χ0n) is 16.6. The predicted octanol–water partition coefficient (Wildman–Crippen LogP) is -0.913. The number of morpholine rings is 1. The number of hydrogen-bond acceptors (Lipinski definition) is 6. The summed E-state index contributed by atoms with van der Waals surface area (Å²) in [6.07, 6.45) is 0. The van der Waals surface area contributed by atoms with E-state index in [1.54, 1.807) is 0 Å². The molecule has 3 heterocycles. The van der Waals surface area contributed by atoms with Gasteiger partial charge in [0.05, 0.1) is 19.8 Å². The van der Waals surface area contributed by atoms with Gasteiger partial charge in [-0.25, -0.2) is 0 Å². The van der Waals surface area contributed by atoms with Crippen LogP contribution in [0.4, 0.5) is 0 Å². The number of carbonyl (C=O) groups is 1. The van der Waals surface area contributed by atoms with Crippen LogP contribution in [0.1, 0.15) is 0 Å². The Hall–Kier alpha value is -1.03. The molecule has 0 aromatic carbocycles. The van der Waals surface area contributed by atoms with Gasteiger partial charge in [0.2, 0.25) is 5.91 Å². The van der Waals surface area contributed by atoms with Gasteiger partial charge >= 0.3 is 0 Å². The average molecular weight is 399 g/mol. The first-order valence-electron chi connectivity index (χ1n) is 10.1. The molecular formula is C18H34N6O2S. The summed E-state index contributed by atoms with van der Waals surface area (Å²) in [5, 5.41) is 3.51. The van der Waals surface area contributed by atoms with Gasteiger partial charge in [-0.3, -0.25) is 19.6 Å². The second-order valence-electron chi connectivity index (χ2n) is 7.18. The molecule has 0 aromatic rings. The van der Waals surface area contributed by atoms with Crippen molar-refractivity contribution in [3.05, 3.63) is 0 Å². The quantitative estimate of drug-likeness (QED) is 0.475. The van der Waals surface area contributed by atoms with E-state index in [0.29, 0.717) is 19.8 Å². The third kappa shape index (κ3) is 6.51. The maximum atomic E-state index is 12.4. The van der Waals surface area contributed by atoms with Gasteiger partial charge in [0.1, 0.15) is 0 Å². The minimum absolute atomic E-state index is 0.231. The Balaban J connectivity index is 1.34. The number of piperazine rings is 1. The number of amides is 1. The van der Waals surface area contributed by atoms with Gasteiger partial charge in [-0.2, -0.15) is 11.8 Å². The van der Waals surface area contributed by atoms with Crippen LogP contribution in [0, 0.1) is 0 Å². The molecule has 1 N–H and O–H groups in total. The molecule has 0 saturated carbocycles. The molecule has 3 saturated heterocycles. The van der Waals surface area contributed by atoms with Gasteiger partial charge in [0.25, 0.3) is 0 Å². The van der Waals surface area contributed by atoms with Crippen molar-refractivity contribution in [3.8, 4) is 0 Å². The average Bonchev–Trinajstić information content (AvgIpc) is 2.73. The summed E-state index contributed by atoms with van der Waals surface area (Å²) in [4.78, 5) is 25.9. The van der Waals surface area contributed by atoms with E-state index >= 15 is 0 Å². The summed E-state index contributed by atoms with van der Waals surface area (Å²) in [6.45, 7) is 11.3. The molecule has 0 atom stereocenters. The monoisotopic (exact) mass is 398 g/mol. The van der Waals surface area contributed by atoms with E-state index in [-0.39, 0.29) is 5.91 Å². The van der Waals surface area contributed by atoms with Crippen LogP contribution in [0.2, 0.25) is 0 Å². The number of rotatable bonds is 5. The minimum atomic E-state index is 0.231. The first kappa shape index (κ1) is 20.7. The Morgan fingerprint density at radius 2 is 1.67 bits per heavy atom. The van der Waals surface area contributed by atoms with E-state index in [0.717, 1.165) is 58.3 Å². The molecule has 0 bridgehead atoms. The molecule has 154 valence electrons. The van der Waals surface area contributed by atoms with E-state index in [9.17, 15) is 4.79 Å². The topological polar surface area (TPSA) is 63.7 Å². The molecular weight excluding hydrogens is 364 g/mol. The van der Waals surface area contributed by atoms with Crippen LogP contribution >= 0.6 is 11.8 Å². The van der Waals surface area contributed by atoms with Crippen molar-refractivity contribution in [3.63, 3.8) is 0 Å². The largest absolute Gasteiger partial charge is 0.378 e. The Bertz CT molecular complexity index is 486. The van der Waals surface area contributed by atoms with Crippen molar-refractivity contribution in [2.24, 2.45) is 4.99 Å². The molecule has 0 spiro atoms. The Labute approximate surface area is 167 Å². The van der Waals surface area contributed by atoms with Crippen LogP contribution < -0.4 is 5.32 Å². The van der Waals surface area contributed by atoms with E-state index in [1.165, 1.54) is 24.6 Å². The lowest BCUT2D eigenvalue weighted by atomic mass is 10.3. The summed E-state index contributed by atoms with van der Waals surface area (Å²) >= 11 is 2.05. The molecule has 27 heavy (non-hydrogen) atoms. The maximum Gasteiger partial charge on any atom is 0.236 e. The SMILES string of the molecule is CN=C(NCCN1CCSCC1)N1CCN(CC(=O)N2CCOCC2)CC1. The van der Waals surface area contributed by atoms with Gasteiger partial charge in [-0.1, -0.05) is 0 Å². The third-order valence-electron chi connectivity index (χ3n) is 5.42. The molecule has 0 aliphatic carbocycles. The lowest BCUT2D eigenvalue weighted by Crippen LogP contribution is -2.55. The highest BCUT2D eigenvalue weighted by atomic mass is 32.2. The molecule has 1 amide bonds. The zero-order chi connectivity index (χ0) is 18.9. The zero-order valence-corrected chi connectivity index (χ0v) is 17.4. The van der Waals surface area contributed by atoms with E-state index < -0.39 is 0 Å². The number of hydrogen-bond donors (Lipinski definition) is 1. The van der Waals surface area contributed by atoms with Crippen LogP contribution in [0.15, 0.2) is 4.99 Å². The van der Waals surface area contributed by atoms with Gasteiger partial charge in [0, 0.05) is 84.0 Å². The lowest BCUT2D eigenvalue weighted by molar-refractivity contribution is -0.136. The molecule has 0 radical (unpaired) electrons. The van der Waals surface area contributed by atoms with Crippen molar-refractivity contribution in [2.45, 2.75) is 0 Å². The van der Waals surface area contributed by atoms with Crippen molar-refractivity contribution in [1.82, 2.24) is 24.9 Å². The molecule has 0 unspecified atom stereocenters. The van der Waals surface area contributed by atoms with Crippen molar-refractivity contribution in [2.75, 3.05) is 104 Å². The first-order valence-corrected chi connectivity index (χ1v) is 11.3. The highest BCUT2D eigenvalue weighted by Gasteiger charge is 2.24.